The molecular weight excluding hydrogens is 172 g/mol. The van der Waals surface area contributed by atoms with Gasteiger partial charge in [0.1, 0.15) is 5.75 Å². The van der Waals surface area contributed by atoms with Crippen molar-refractivity contribution in [1.82, 2.24) is 0 Å². The van der Waals surface area contributed by atoms with Gasteiger partial charge < -0.3 is 4.74 Å². The molecule has 0 aliphatic heterocycles. The van der Waals surface area contributed by atoms with E-state index in [1.807, 2.05) is 25.1 Å². The molecule has 0 spiro atoms. The number of benzene rings is 1. The van der Waals surface area contributed by atoms with Gasteiger partial charge in [0.05, 0.1) is 6.61 Å². The van der Waals surface area contributed by atoms with Crippen molar-refractivity contribution >= 4 is 11.6 Å². The largest absolute Gasteiger partial charge is 0.494 e. The predicted molar refractivity (Wildman–Crippen MR) is 50.8 cm³/mol. The molecule has 1 nitrogen and oxygen atoms in total. The van der Waals surface area contributed by atoms with Gasteiger partial charge in [0, 0.05) is 5.88 Å². The van der Waals surface area contributed by atoms with E-state index < -0.39 is 0 Å². The Kier molecular flexibility index (Phi) is 3.95. The summed E-state index contributed by atoms with van der Waals surface area (Å²) in [5.41, 5.74) is 1.10. The lowest BCUT2D eigenvalue weighted by atomic mass is 10.2. The monoisotopic (exact) mass is 183 g/mol. The van der Waals surface area contributed by atoms with Crippen LogP contribution in [-0.2, 0) is 0 Å². The summed E-state index contributed by atoms with van der Waals surface area (Å²) in [5, 5.41) is 0. The molecule has 12 heavy (non-hydrogen) atoms. The van der Waals surface area contributed by atoms with Crippen LogP contribution in [0.3, 0.4) is 0 Å². The van der Waals surface area contributed by atoms with Gasteiger partial charge in [-0.1, -0.05) is 6.07 Å². The van der Waals surface area contributed by atoms with Crippen LogP contribution in [0.2, 0.25) is 0 Å². The predicted octanol–water partition coefficient (Wildman–Crippen LogP) is 2.80. The fourth-order valence-corrected chi connectivity index (χ4v) is 1.00. The SMILES string of the molecule is Cc1[c]ccc(OCCCCl)c1. The smallest absolute Gasteiger partial charge is 0.119 e. The lowest BCUT2D eigenvalue weighted by Crippen LogP contribution is -1.97. The fourth-order valence-electron chi connectivity index (χ4n) is 0.893. The molecule has 0 unspecified atom stereocenters. The zero-order chi connectivity index (χ0) is 8.81. The van der Waals surface area contributed by atoms with Crippen LogP contribution in [0.15, 0.2) is 18.2 Å². The number of rotatable bonds is 4. The highest BCUT2D eigenvalue weighted by Gasteiger charge is 1.92. The highest BCUT2D eigenvalue weighted by Crippen LogP contribution is 2.11. The molecule has 0 heterocycles. The van der Waals surface area contributed by atoms with Gasteiger partial charge >= 0.3 is 0 Å². The second-order valence-corrected chi connectivity index (χ2v) is 2.98. The third kappa shape index (κ3) is 3.14. The minimum atomic E-state index is 0.651. The first-order valence-electron chi connectivity index (χ1n) is 4.00. The summed E-state index contributed by atoms with van der Waals surface area (Å²) < 4.78 is 5.42. The summed E-state index contributed by atoms with van der Waals surface area (Å²) in [7, 11) is 0. The zero-order valence-corrected chi connectivity index (χ0v) is 7.90. The van der Waals surface area contributed by atoms with Gasteiger partial charge in [-0.05, 0) is 37.1 Å². The van der Waals surface area contributed by atoms with E-state index in [1.54, 1.807) is 0 Å². The number of alkyl halides is 1. The molecule has 65 valence electrons. The third-order valence-corrected chi connectivity index (χ3v) is 1.73. The zero-order valence-electron chi connectivity index (χ0n) is 7.14. The molecule has 0 aliphatic carbocycles. The van der Waals surface area contributed by atoms with Gasteiger partial charge in [0.25, 0.3) is 0 Å². The van der Waals surface area contributed by atoms with Crippen LogP contribution in [0.25, 0.3) is 0 Å². The van der Waals surface area contributed by atoms with E-state index in [1.165, 1.54) is 0 Å². The Morgan fingerprint density at radius 2 is 2.42 bits per heavy atom. The van der Waals surface area contributed by atoms with E-state index in [2.05, 4.69) is 6.07 Å². The summed E-state index contributed by atoms with van der Waals surface area (Å²) in [6.45, 7) is 2.68. The van der Waals surface area contributed by atoms with Crippen LogP contribution in [0.5, 0.6) is 5.75 Å². The first-order chi connectivity index (χ1) is 5.83. The molecule has 1 rings (SSSR count). The van der Waals surface area contributed by atoms with E-state index in [9.17, 15) is 0 Å². The van der Waals surface area contributed by atoms with Crippen molar-refractivity contribution in [2.24, 2.45) is 0 Å². The van der Waals surface area contributed by atoms with Crippen molar-refractivity contribution in [2.75, 3.05) is 12.5 Å². The lowest BCUT2D eigenvalue weighted by Gasteiger charge is -2.04. The first kappa shape index (κ1) is 9.40. The minimum Gasteiger partial charge on any atom is -0.494 e. The standard InChI is InChI=1S/C10H12ClO/c1-9-4-2-5-10(8-9)12-7-3-6-11/h2,5,8H,3,6-7H2,1H3. The first-order valence-corrected chi connectivity index (χ1v) is 4.53. The van der Waals surface area contributed by atoms with E-state index in [-0.39, 0.29) is 0 Å². The maximum Gasteiger partial charge on any atom is 0.119 e. The van der Waals surface area contributed by atoms with Crippen molar-refractivity contribution in [1.29, 1.82) is 0 Å². The van der Waals surface area contributed by atoms with Gasteiger partial charge in [-0.2, -0.15) is 0 Å². The van der Waals surface area contributed by atoms with Gasteiger partial charge in [0.2, 0.25) is 0 Å². The van der Waals surface area contributed by atoms with E-state index in [4.69, 9.17) is 16.3 Å². The summed E-state index contributed by atoms with van der Waals surface area (Å²) in [4.78, 5) is 0. The summed E-state index contributed by atoms with van der Waals surface area (Å²) in [5.74, 6) is 1.55. The Bertz CT molecular complexity index is 235. The number of aryl methyl sites for hydroxylation is 1. The van der Waals surface area contributed by atoms with Crippen molar-refractivity contribution < 1.29 is 4.74 Å². The van der Waals surface area contributed by atoms with Crippen LogP contribution in [0.1, 0.15) is 12.0 Å². The number of hydrogen-bond donors (Lipinski definition) is 0. The van der Waals surface area contributed by atoms with Crippen LogP contribution in [-0.4, -0.2) is 12.5 Å². The van der Waals surface area contributed by atoms with Crippen molar-refractivity contribution in [3.05, 3.63) is 29.8 Å². The molecule has 0 fully saturated rings. The Labute approximate surface area is 78.3 Å². The maximum atomic E-state index is 5.51. The Morgan fingerprint density at radius 3 is 3.08 bits per heavy atom. The molecule has 0 saturated heterocycles. The van der Waals surface area contributed by atoms with Gasteiger partial charge in [-0.3, -0.25) is 0 Å². The summed E-state index contributed by atoms with van der Waals surface area (Å²) in [6, 6.07) is 8.79. The quantitative estimate of drug-likeness (QED) is 0.515. The molecular formula is C10H12ClO. The molecule has 0 aromatic heterocycles. The summed E-state index contributed by atoms with van der Waals surface area (Å²) >= 11 is 5.51. The molecule has 0 bridgehead atoms. The van der Waals surface area contributed by atoms with Crippen LogP contribution in [0, 0.1) is 13.0 Å². The Morgan fingerprint density at radius 1 is 1.58 bits per heavy atom. The van der Waals surface area contributed by atoms with E-state index in [0.29, 0.717) is 12.5 Å². The number of hydrogen-bond acceptors (Lipinski definition) is 1. The highest BCUT2D eigenvalue weighted by molar-refractivity contribution is 6.17. The molecule has 0 aliphatic rings. The average Bonchev–Trinajstić information content (AvgIpc) is 2.05. The molecule has 1 aromatic carbocycles. The summed E-state index contributed by atoms with van der Waals surface area (Å²) in [6.07, 6.45) is 0.888. The number of ether oxygens (including phenoxy) is 1. The van der Waals surface area contributed by atoms with E-state index >= 15 is 0 Å². The molecule has 0 atom stereocenters. The average molecular weight is 184 g/mol. The van der Waals surface area contributed by atoms with Gasteiger partial charge in [-0.15, -0.1) is 11.6 Å². The minimum absolute atomic E-state index is 0.651. The fraction of sp³-hybridized carbons (Fsp3) is 0.400. The number of halogens is 1. The second kappa shape index (κ2) is 5.04. The van der Waals surface area contributed by atoms with Crippen LogP contribution in [0.4, 0.5) is 0 Å². The Hall–Kier alpha value is -0.690. The van der Waals surface area contributed by atoms with Crippen molar-refractivity contribution in [3.8, 4) is 5.75 Å². The van der Waals surface area contributed by atoms with Crippen LogP contribution < -0.4 is 4.74 Å². The third-order valence-electron chi connectivity index (χ3n) is 1.46. The molecule has 2 heteroatoms. The molecule has 0 N–H and O–H groups in total. The molecule has 0 saturated carbocycles. The van der Waals surface area contributed by atoms with Crippen LogP contribution >= 0.6 is 11.6 Å². The maximum absolute atomic E-state index is 5.51. The molecule has 0 amide bonds. The topological polar surface area (TPSA) is 9.23 Å². The van der Waals surface area contributed by atoms with Gasteiger partial charge in [0.15, 0.2) is 0 Å². The van der Waals surface area contributed by atoms with Crippen molar-refractivity contribution in [3.63, 3.8) is 0 Å². The van der Waals surface area contributed by atoms with Gasteiger partial charge in [-0.25, -0.2) is 0 Å². The second-order valence-electron chi connectivity index (χ2n) is 2.60. The lowest BCUT2D eigenvalue weighted by molar-refractivity contribution is 0.318. The highest BCUT2D eigenvalue weighted by atomic mass is 35.5. The Balaban J connectivity index is 2.41. The molecule has 1 radical (unpaired) electrons. The van der Waals surface area contributed by atoms with Crippen molar-refractivity contribution in [2.45, 2.75) is 13.3 Å². The molecule has 1 aromatic rings. The normalized spacial score (nSPS) is 9.83. The van der Waals surface area contributed by atoms with E-state index in [0.717, 1.165) is 17.7 Å².